The summed E-state index contributed by atoms with van der Waals surface area (Å²) in [6.45, 7) is 4.37. The number of hydrogen-bond donors (Lipinski definition) is 0. The first-order valence-corrected chi connectivity index (χ1v) is 8.34. The lowest BCUT2D eigenvalue weighted by Crippen LogP contribution is -2.49. The number of carbonyl (C=O) groups excluding carboxylic acids is 2. The van der Waals surface area contributed by atoms with Gasteiger partial charge in [-0.25, -0.2) is 0 Å². The maximum Gasteiger partial charge on any atom is 0.270 e. The Morgan fingerprint density at radius 1 is 1.12 bits per heavy atom. The molecular formula is C19H19N3O4. The molecule has 7 nitrogen and oxygen atoms in total. The standard InChI is InChI=1S/C19H19N3O4/c1-14-11-15(13-23)5-6-18(14)20-7-9-21(10-8-20)19(24)16-3-2-4-17(12-16)22(25)26/h2-6,11-13H,7-10H2,1H3. The second-order valence-corrected chi connectivity index (χ2v) is 6.25. The van der Waals surface area contributed by atoms with Crippen molar-refractivity contribution >= 4 is 23.6 Å². The van der Waals surface area contributed by atoms with Crippen LogP contribution in [0.5, 0.6) is 0 Å². The smallest absolute Gasteiger partial charge is 0.270 e. The van der Waals surface area contributed by atoms with Crippen molar-refractivity contribution in [3.05, 3.63) is 69.3 Å². The Morgan fingerprint density at radius 3 is 2.46 bits per heavy atom. The lowest BCUT2D eigenvalue weighted by molar-refractivity contribution is -0.384. The summed E-state index contributed by atoms with van der Waals surface area (Å²) in [5.41, 5.74) is 2.97. The van der Waals surface area contributed by atoms with Crippen molar-refractivity contribution in [3.63, 3.8) is 0 Å². The zero-order chi connectivity index (χ0) is 18.7. The number of nitro benzene ring substituents is 1. The van der Waals surface area contributed by atoms with E-state index in [0.29, 0.717) is 37.3 Å². The van der Waals surface area contributed by atoms with Crippen LogP contribution in [-0.2, 0) is 0 Å². The predicted octanol–water partition coefficient (Wildman–Crippen LogP) is 2.68. The summed E-state index contributed by atoms with van der Waals surface area (Å²) >= 11 is 0. The van der Waals surface area contributed by atoms with E-state index < -0.39 is 4.92 Å². The van der Waals surface area contributed by atoms with Crippen molar-refractivity contribution in [2.45, 2.75) is 6.92 Å². The van der Waals surface area contributed by atoms with Gasteiger partial charge in [0.05, 0.1) is 4.92 Å². The average molecular weight is 353 g/mol. The Balaban J connectivity index is 1.68. The normalized spacial score (nSPS) is 14.2. The van der Waals surface area contributed by atoms with Gasteiger partial charge in [0.2, 0.25) is 0 Å². The highest BCUT2D eigenvalue weighted by molar-refractivity contribution is 5.95. The fourth-order valence-electron chi connectivity index (χ4n) is 3.19. The highest BCUT2D eigenvalue weighted by Crippen LogP contribution is 2.23. The molecule has 134 valence electrons. The van der Waals surface area contributed by atoms with Gasteiger partial charge in [0.25, 0.3) is 11.6 Å². The number of hydrogen-bond acceptors (Lipinski definition) is 5. The van der Waals surface area contributed by atoms with E-state index in [-0.39, 0.29) is 11.6 Å². The number of aldehydes is 1. The first-order chi connectivity index (χ1) is 12.5. The van der Waals surface area contributed by atoms with Crippen LogP contribution in [-0.4, -0.2) is 48.2 Å². The molecule has 1 aliphatic heterocycles. The van der Waals surface area contributed by atoms with Crippen LogP contribution in [0.25, 0.3) is 0 Å². The van der Waals surface area contributed by atoms with Crippen LogP contribution in [0, 0.1) is 17.0 Å². The molecule has 1 amide bonds. The Morgan fingerprint density at radius 2 is 1.85 bits per heavy atom. The average Bonchev–Trinajstić information content (AvgIpc) is 2.67. The Kier molecular flexibility index (Phi) is 4.97. The monoisotopic (exact) mass is 353 g/mol. The van der Waals surface area contributed by atoms with Gasteiger partial charge in [0.15, 0.2) is 0 Å². The van der Waals surface area contributed by atoms with Crippen LogP contribution >= 0.6 is 0 Å². The van der Waals surface area contributed by atoms with Crippen molar-refractivity contribution in [1.29, 1.82) is 0 Å². The third-order valence-corrected chi connectivity index (χ3v) is 4.57. The van der Waals surface area contributed by atoms with E-state index in [1.165, 1.54) is 18.2 Å². The molecule has 7 heteroatoms. The molecule has 0 saturated carbocycles. The second kappa shape index (κ2) is 7.35. The van der Waals surface area contributed by atoms with Gasteiger partial charge in [-0.3, -0.25) is 19.7 Å². The maximum absolute atomic E-state index is 12.6. The number of carbonyl (C=O) groups is 2. The van der Waals surface area contributed by atoms with Crippen LogP contribution in [0.3, 0.4) is 0 Å². The molecule has 3 rings (SSSR count). The van der Waals surface area contributed by atoms with E-state index in [0.717, 1.165) is 17.5 Å². The van der Waals surface area contributed by atoms with E-state index in [1.807, 2.05) is 19.1 Å². The van der Waals surface area contributed by atoms with Gasteiger partial charge in [0.1, 0.15) is 6.29 Å². The Hall–Kier alpha value is -3.22. The molecule has 0 atom stereocenters. The molecule has 1 fully saturated rings. The second-order valence-electron chi connectivity index (χ2n) is 6.25. The minimum Gasteiger partial charge on any atom is -0.368 e. The molecule has 0 spiro atoms. The maximum atomic E-state index is 12.6. The lowest BCUT2D eigenvalue weighted by atomic mass is 10.1. The van der Waals surface area contributed by atoms with Crippen molar-refractivity contribution < 1.29 is 14.5 Å². The zero-order valence-corrected chi connectivity index (χ0v) is 14.4. The molecule has 0 N–H and O–H groups in total. The number of rotatable bonds is 4. The third kappa shape index (κ3) is 3.56. The predicted molar refractivity (Wildman–Crippen MR) is 97.8 cm³/mol. The summed E-state index contributed by atoms with van der Waals surface area (Å²) in [6, 6.07) is 11.4. The lowest BCUT2D eigenvalue weighted by Gasteiger charge is -2.37. The van der Waals surface area contributed by atoms with E-state index >= 15 is 0 Å². The Bertz CT molecular complexity index is 858. The van der Waals surface area contributed by atoms with Gasteiger partial charge in [-0.2, -0.15) is 0 Å². The van der Waals surface area contributed by atoms with Crippen molar-refractivity contribution in [3.8, 4) is 0 Å². The SMILES string of the molecule is Cc1cc(C=O)ccc1N1CCN(C(=O)c2cccc([N+](=O)[O-])c2)CC1. The molecule has 1 saturated heterocycles. The summed E-state index contributed by atoms with van der Waals surface area (Å²) in [4.78, 5) is 37.8. The first kappa shape index (κ1) is 17.6. The molecule has 0 radical (unpaired) electrons. The summed E-state index contributed by atoms with van der Waals surface area (Å²) in [6.07, 6.45) is 0.826. The highest BCUT2D eigenvalue weighted by Gasteiger charge is 2.24. The number of aryl methyl sites for hydroxylation is 1. The van der Waals surface area contributed by atoms with Crippen LogP contribution in [0.4, 0.5) is 11.4 Å². The van der Waals surface area contributed by atoms with Crippen LogP contribution in [0.1, 0.15) is 26.3 Å². The minimum atomic E-state index is -0.500. The molecule has 1 heterocycles. The minimum absolute atomic E-state index is 0.0830. The fourth-order valence-corrected chi connectivity index (χ4v) is 3.19. The summed E-state index contributed by atoms with van der Waals surface area (Å²) < 4.78 is 0. The topological polar surface area (TPSA) is 83.8 Å². The quantitative estimate of drug-likeness (QED) is 0.479. The number of benzene rings is 2. The Labute approximate surface area is 151 Å². The number of nitrogens with zero attached hydrogens (tertiary/aromatic N) is 3. The molecule has 0 aliphatic carbocycles. The van der Waals surface area contributed by atoms with Crippen LogP contribution in [0.15, 0.2) is 42.5 Å². The van der Waals surface area contributed by atoms with Gasteiger partial charge in [-0.05, 0) is 36.8 Å². The van der Waals surface area contributed by atoms with Gasteiger partial charge in [-0.1, -0.05) is 6.07 Å². The number of amides is 1. The van der Waals surface area contributed by atoms with Crippen molar-refractivity contribution in [2.75, 3.05) is 31.1 Å². The molecular weight excluding hydrogens is 334 g/mol. The molecule has 2 aromatic rings. The molecule has 0 unspecified atom stereocenters. The summed E-state index contributed by atoms with van der Waals surface area (Å²) in [5.74, 6) is -0.193. The fraction of sp³-hybridized carbons (Fsp3) is 0.263. The van der Waals surface area contributed by atoms with Gasteiger partial charge in [-0.15, -0.1) is 0 Å². The zero-order valence-electron chi connectivity index (χ0n) is 14.4. The number of piperazine rings is 1. The molecule has 1 aliphatic rings. The molecule has 26 heavy (non-hydrogen) atoms. The summed E-state index contributed by atoms with van der Waals surface area (Å²) in [7, 11) is 0. The van der Waals surface area contributed by atoms with E-state index in [1.54, 1.807) is 17.0 Å². The summed E-state index contributed by atoms with van der Waals surface area (Å²) in [5, 5.41) is 10.9. The molecule has 0 bridgehead atoms. The third-order valence-electron chi connectivity index (χ3n) is 4.57. The number of nitro groups is 1. The van der Waals surface area contributed by atoms with Crippen LogP contribution < -0.4 is 4.90 Å². The van der Waals surface area contributed by atoms with E-state index in [4.69, 9.17) is 0 Å². The van der Waals surface area contributed by atoms with Crippen molar-refractivity contribution in [2.24, 2.45) is 0 Å². The van der Waals surface area contributed by atoms with Gasteiger partial charge >= 0.3 is 0 Å². The van der Waals surface area contributed by atoms with E-state index in [9.17, 15) is 19.7 Å². The first-order valence-electron chi connectivity index (χ1n) is 8.34. The van der Waals surface area contributed by atoms with Crippen molar-refractivity contribution in [1.82, 2.24) is 4.90 Å². The van der Waals surface area contributed by atoms with Gasteiger partial charge in [0, 0.05) is 55.1 Å². The number of non-ortho nitro benzene ring substituents is 1. The van der Waals surface area contributed by atoms with E-state index in [2.05, 4.69) is 4.90 Å². The highest BCUT2D eigenvalue weighted by atomic mass is 16.6. The van der Waals surface area contributed by atoms with Crippen LogP contribution in [0.2, 0.25) is 0 Å². The number of anilines is 1. The molecule has 2 aromatic carbocycles. The molecule has 0 aromatic heterocycles. The van der Waals surface area contributed by atoms with Gasteiger partial charge < -0.3 is 9.80 Å². The largest absolute Gasteiger partial charge is 0.368 e.